The molecule has 0 aliphatic rings. The molecule has 0 spiro atoms. The van der Waals surface area contributed by atoms with Crippen molar-refractivity contribution >= 4 is 23.5 Å². The zero-order chi connectivity index (χ0) is 21.5. The zero-order valence-corrected chi connectivity index (χ0v) is 18.9. The minimum Gasteiger partial charge on any atom is -0.240 e. The second-order valence-corrected chi connectivity index (χ2v) is 9.49. The van der Waals surface area contributed by atoms with Gasteiger partial charge in [0.05, 0.1) is 11.3 Å². The second kappa shape index (κ2) is 10.3. The van der Waals surface area contributed by atoms with Gasteiger partial charge in [-0.3, -0.25) is 0 Å². The van der Waals surface area contributed by atoms with Gasteiger partial charge >= 0.3 is 0 Å². The summed E-state index contributed by atoms with van der Waals surface area (Å²) in [6, 6.07) is 33.4. The molecule has 4 rings (SSSR count). The van der Waals surface area contributed by atoms with E-state index in [4.69, 9.17) is 4.98 Å². The maximum atomic E-state index is 9.98. The summed E-state index contributed by atoms with van der Waals surface area (Å²) < 4.78 is 0. The van der Waals surface area contributed by atoms with E-state index in [1.165, 1.54) is 11.1 Å². The van der Waals surface area contributed by atoms with Gasteiger partial charge in [0.1, 0.15) is 11.1 Å². The lowest BCUT2D eigenvalue weighted by Crippen LogP contribution is -1.96. The zero-order valence-electron chi connectivity index (χ0n) is 17.3. The Balaban J connectivity index is 1.66. The third kappa shape index (κ3) is 5.38. The van der Waals surface area contributed by atoms with Crippen molar-refractivity contribution in [3.63, 3.8) is 0 Å². The van der Waals surface area contributed by atoms with E-state index in [9.17, 15) is 5.26 Å². The van der Waals surface area contributed by atoms with E-state index in [0.717, 1.165) is 38.2 Å². The molecule has 1 aromatic heterocycles. The van der Waals surface area contributed by atoms with Gasteiger partial charge in [0.15, 0.2) is 0 Å². The first kappa shape index (κ1) is 21.2. The number of benzene rings is 3. The number of nitrogens with zero attached hydrogens (tertiary/aromatic N) is 2. The predicted octanol–water partition coefficient (Wildman–Crippen LogP) is 7.58. The van der Waals surface area contributed by atoms with Crippen LogP contribution in [0.2, 0.25) is 0 Å². The smallest absolute Gasteiger partial charge is 0.116 e. The van der Waals surface area contributed by atoms with Gasteiger partial charge in [0.2, 0.25) is 0 Å². The standard InChI is InChI=1S/C27H22N2S2/c1-20-12-14-23(15-13-20)26-16-24(22-10-6-3-7-11-22)25(17-28)27(29-26)31-19-30-18-21-8-4-2-5-9-21/h2-16H,18-19H2,1H3. The topological polar surface area (TPSA) is 36.7 Å². The molecule has 0 radical (unpaired) electrons. The van der Waals surface area contributed by atoms with Crippen LogP contribution >= 0.6 is 23.5 Å². The Morgan fingerprint density at radius 2 is 1.52 bits per heavy atom. The van der Waals surface area contributed by atoms with Crippen molar-refractivity contribution < 1.29 is 0 Å². The van der Waals surface area contributed by atoms with Crippen molar-refractivity contribution in [2.24, 2.45) is 0 Å². The van der Waals surface area contributed by atoms with E-state index in [1.807, 2.05) is 54.2 Å². The lowest BCUT2D eigenvalue weighted by Gasteiger charge is -2.13. The fraction of sp³-hybridized carbons (Fsp3) is 0.111. The van der Waals surface area contributed by atoms with Crippen LogP contribution in [0.5, 0.6) is 0 Å². The minimum atomic E-state index is 0.646. The number of aromatic nitrogens is 1. The summed E-state index contributed by atoms with van der Waals surface area (Å²) in [5, 5.41) is 11.6. The number of nitriles is 1. The van der Waals surface area contributed by atoms with Crippen LogP contribution in [0.15, 0.2) is 96.0 Å². The molecule has 0 saturated heterocycles. The Morgan fingerprint density at radius 1 is 0.839 bits per heavy atom. The third-order valence-corrected chi connectivity index (χ3v) is 7.17. The second-order valence-electron chi connectivity index (χ2n) is 7.18. The first-order valence-electron chi connectivity index (χ1n) is 10.1. The van der Waals surface area contributed by atoms with Gasteiger partial charge in [-0.05, 0) is 24.1 Å². The molecule has 1 heterocycles. The van der Waals surface area contributed by atoms with Gasteiger partial charge in [-0.1, -0.05) is 102 Å². The van der Waals surface area contributed by atoms with Gasteiger partial charge < -0.3 is 0 Å². The molecule has 152 valence electrons. The summed E-state index contributed by atoms with van der Waals surface area (Å²) in [6.07, 6.45) is 0. The maximum absolute atomic E-state index is 9.98. The summed E-state index contributed by atoms with van der Waals surface area (Å²) in [4.78, 5) is 4.90. The van der Waals surface area contributed by atoms with Gasteiger partial charge in [-0.15, -0.1) is 11.8 Å². The lowest BCUT2D eigenvalue weighted by molar-refractivity contribution is 1.12. The van der Waals surface area contributed by atoms with Crippen molar-refractivity contribution in [2.75, 3.05) is 5.08 Å². The molecule has 0 unspecified atom stereocenters. The summed E-state index contributed by atoms with van der Waals surface area (Å²) in [6.45, 7) is 2.08. The molecule has 0 amide bonds. The molecule has 0 atom stereocenters. The minimum absolute atomic E-state index is 0.646. The SMILES string of the molecule is Cc1ccc(-c2cc(-c3ccccc3)c(C#N)c(SCSCc3ccccc3)n2)cc1. The molecule has 31 heavy (non-hydrogen) atoms. The number of aryl methyl sites for hydroxylation is 1. The summed E-state index contributed by atoms with van der Waals surface area (Å²) in [5.41, 5.74) is 7.09. The Bertz CT molecular complexity index is 1180. The summed E-state index contributed by atoms with van der Waals surface area (Å²) in [7, 11) is 0. The van der Waals surface area contributed by atoms with Crippen LogP contribution < -0.4 is 0 Å². The Morgan fingerprint density at radius 3 is 2.19 bits per heavy atom. The molecule has 0 aliphatic heterocycles. The van der Waals surface area contributed by atoms with Crippen molar-refractivity contribution in [1.29, 1.82) is 5.26 Å². The molecule has 0 saturated carbocycles. The Kier molecular flexibility index (Phi) is 7.09. The van der Waals surface area contributed by atoms with Crippen molar-refractivity contribution in [1.82, 2.24) is 4.98 Å². The van der Waals surface area contributed by atoms with E-state index >= 15 is 0 Å². The van der Waals surface area contributed by atoms with Gasteiger partial charge in [0.25, 0.3) is 0 Å². The largest absolute Gasteiger partial charge is 0.240 e. The molecule has 0 N–H and O–H groups in total. The fourth-order valence-electron chi connectivity index (χ4n) is 3.28. The summed E-state index contributed by atoms with van der Waals surface area (Å²) in [5.74, 6) is 0.943. The van der Waals surface area contributed by atoms with Crippen LogP contribution in [0.1, 0.15) is 16.7 Å². The third-order valence-electron chi connectivity index (χ3n) is 4.92. The fourth-order valence-corrected chi connectivity index (χ4v) is 5.29. The number of pyridine rings is 1. The number of rotatable bonds is 7. The van der Waals surface area contributed by atoms with E-state index in [2.05, 4.69) is 61.5 Å². The molecule has 0 fully saturated rings. The highest BCUT2D eigenvalue weighted by atomic mass is 32.2. The number of thioether (sulfide) groups is 2. The van der Waals surface area contributed by atoms with Crippen LogP contribution in [0, 0.1) is 18.3 Å². The lowest BCUT2D eigenvalue weighted by atomic mass is 9.99. The molecular formula is C27H22N2S2. The first-order chi connectivity index (χ1) is 15.2. The normalized spacial score (nSPS) is 10.6. The van der Waals surface area contributed by atoms with Gasteiger partial charge in [0, 0.05) is 22.0 Å². The average molecular weight is 439 g/mol. The molecule has 4 heteroatoms. The number of hydrogen-bond donors (Lipinski definition) is 0. The maximum Gasteiger partial charge on any atom is 0.116 e. The average Bonchev–Trinajstić information content (AvgIpc) is 2.83. The molecule has 0 aliphatic carbocycles. The van der Waals surface area contributed by atoms with Crippen LogP contribution in [0.25, 0.3) is 22.4 Å². The van der Waals surface area contributed by atoms with Crippen LogP contribution in [0.4, 0.5) is 0 Å². The molecule has 3 aromatic carbocycles. The van der Waals surface area contributed by atoms with Crippen molar-refractivity contribution in [3.05, 3.63) is 108 Å². The van der Waals surface area contributed by atoms with Crippen LogP contribution in [0.3, 0.4) is 0 Å². The highest BCUT2D eigenvalue weighted by molar-refractivity contribution is 8.15. The van der Waals surface area contributed by atoms with Crippen LogP contribution in [-0.4, -0.2) is 10.1 Å². The van der Waals surface area contributed by atoms with Crippen molar-refractivity contribution in [2.45, 2.75) is 17.7 Å². The van der Waals surface area contributed by atoms with E-state index in [1.54, 1.807) is 11.8 Å². The Labute approximate surface area is 192 Å². The van der Waals surface area contributed by atoms with Crippen molar-refractivity contribution in [3.8, 4) is 28.5 Å². The van der Waals surface area contributed by atoms with Crippen LogP contribution in [-0.2, 0) is 5.75 Å². The molecule has 2 nitrogen and oxygen atoms in total. The predicted molar refractivity (Wildman–Crippen MR) is 133 cm³/mol. The van der Waals surface area contributed by atoms with E-state index in [0.29, 0.717) is 5.56 Å². The first-order valence-corrected chi connectivity index (χ1v) is 12.2. The highest BCUT2D eigenvalue weighted by Crippen LogP contribution is 2.35. The summed E-state index contributed by atoms with van der Waals surface area (Å²) >= 11 is 3.48. The Hall–Kier alpha value is -3.00. The van der Waals surface area contributed by atoms with Gasteiger partial charge in [-0.25, -0.2) is 4.98 Å². The van der Waals surface area contributed by atoms with E-state index in [-0.39, 0.29) is 0 Å². The van der Waals surface area contributed by atoms with Gasteiger partial charge in [-0.2, -0.15) is 5.26 Å². The quantitative estimate of drug-likeness (QED) is 0.169. The molecular weight excluding hydrogens is 416 g/mol. The number of hydrogen-bond acceptors (Lipinski definition) is 4. The monoisotopic (exact) mass is 438 g/mol. The van der Waals surface area contributed by atoms with E-state index < -0.39 is 0 Å². The molecule has 4 aromatic rings. The molecule has 0 bridgehead atoms. The highest BCUT2D eigenvalue weighted by Gasteiger charge is 2.16.